The Morgan fingerprint density at radius 2 is 1.45 bits per heavy atom. The van der Waals surface area contributed by atoms with Crippen molar-refractivity contribution in [2.45, 2.75) is 6.04 Å². The number of nitrogens with one attached hydrogen (secondary N) is 1. The predicted molar refractivity (Wildman–Crippen MR) is 81.9 cm³/mol. The summed E-state index contributed by atoms with van der Waals surface area (Å²) in [5, 5.41) is 7.62. The molecule has 0 aliphatic heterocycles. The van der Waals surface area contributed by atoms with E-state index in [1.54, 1.807) is 0 Å². The van der Waals surface area contributed by atoms with Crippen LogP contribution in [0.5, 0.6) is 0 Å². The highest BCUT2D eigenvalue weighted by Crippen LogP contribution is 2.26. The first-order chi connectivity index (χ1) is 9.88. The van der Waals surface area contributed by atoms with Gasteiger partial charge in [-0.3, -0.25) is 4.68 Å². The fourth-order valence-corrected chi connectivity index (χ4v) is 2.38. The Bertz CT molecular complexity index is 619. The summed E-state index contributed by atoms with van der Waals surface area (Å²) in [5.41, 5.74) is 3.47. The van der Waals surface area contributed by atoms with Gasteiger partial charge in [-0.2, -0.15) is 5.10 Å². The highest BCUT2D eigenvalue weighted by Gasteiger charge is 2.16. The molecular formula is C17H17N3. The third-order valence-electron chi connectivity index (χ3n) is 3.39. The highest BCUT2D eigenvalue weighted by atomic mass is 15.3. The predicted octanol–water partition coefficient (Wildman–Crippen LogP) is 3.56. The summed E-state index contributed by atoms with van der Waals surface area (Å²) in [7, 11) is 1.90. The van der Waals surface area contributed by atoms with Crippen molar-refractivity contribution in [3.05, 3.63) is 84.2 Å². The minimum atomic E-state index is 0.0968. The van der Waals surface area contributed by atoms with Crippen molar-refractivity contribution in [2.24, 2.45) is 0 Å². The van der Waals surface area contributed by atoms with Crippen LogP contribution in [0.3, 0.4) is 0 Å². The van der Waals surface area contributed by atoms with Crippen molar-refractivity contribution in [1.29, 1.82) is 0 Å². The van der Waals surface area contributed by atoms with Gasteiger partial charge in [-0.1, -0.05) is 60.7 Å². The molecule has 100 valence electrons. The number of hydrogen-bond acceptors (Lipinski definition) is 2. The fraction of sp³-hybridized carbons (Fsp3) is 0.118. The number of aromatic nitrogens is 2. The smallest absolute Gasteiger partial charge is 0.102 e. The Labute approximate surface area is 118 Å². The van der Waals surface area contributed by atoms with Crippen LogP contribution in [0.25, 0.3) is 0 Å². The van der Waals surface area contributed by atoms with Crippen LogP contribution in [0.1, 0.15) is 17.2 Å². The van der Waals surface area contributed by atoms with Gasteiger partial charge in [-0.15, -0.1) is 0 Å². The topological polar surface area (TPSA) is 29.9 Å². The van der Waals surface area contributed by atoms with Gasteiger partial charge in [0.25, 0.3) is 0 Å². The molecule has 2 aromatic carbocycles. The fourth-order valence-electron chi connectivity index (χ4n) is 2.38. The van der Waals surface area contributed by atoms with Gasteiger partial charge in [0.2, 0.25) is 0 Å². The SMILES string of the molecule is CNc1cnn(C(c2ccccc2)c2ccccc2)c1. The second kappa shape index (κ2) is 5.61. The molecule has 0 saturated carbocycles. The van der Waals surface area contributed by atoms with Gasteiger partial charge < -0.3 is 5.32 Å². The molecule has 0 fully saturated rings. The monoisotopic (exact) mass is 263 g/mol. The standard InChI is InChI=1S/C17H17N3/c1-18-16-12-19-20(13-16)17(14-8-4-2-5-9-14)15-10-6-3-7-11-15/h2-13,17-18H,1H3. The van der Waals surface area contributed by atoms with Crippen LogP contribution in [0.15, 0.2) is 73.1 Å². The number of anilines is 1. The third kappa shape index (κ3) is 2.43. The van der Waals surface area contributed by atoms with E-state index in [0.29, 0.717) is 0 Å². The minimum absolute atomic E-state index is 0.0968. The molecule has 3 nitrogen and oxygen atoms in total. The quantitative estimate of drug-likeness (QED) is 0.780. The van der Waals surface area contributed by atoms with Gasteiger partial charge in [0.05, 0.1) is 11.9 Å². The molecule has 1 N–H and O–H groups in total. The molecule has 1 aromatic heterocycles. The van der Waals surface area contributed by atoms with E-state index in [2.05, 4.69) is 58.9 Å². The van der Waals surface area contributed by atoms with Gasteiger partial charge in [-0.25, -0.2) is 0 Å². The van der Waals surface area contributed by atoms with Crippen LogP contribution >= 0.6 is 0 Å². The normalized spacial score (nSPS) is 10.7. The Kier molecular flexibility index (Phi) is 3.50. The lowest BCUT2D eigenvalue weighted by atomic mass is 9.99. The van der Waals surface area contributed by atoms with E-state index in [1.165, 1.54) is 11.1 Å². The van der Waals surface area contributed by atoms with Crippen molar-refractivity contribution in [3.8, 4) is 0 Å². The highest BCUT2D eigenvalue weighted by molar-refractivity contribution is 5.39. The molecule has 0 radical (unpaired) electrons. The van der Waals surface area contributed by atoms with Crippen molar-refractivity contribution < 1.29 is 0 Å². The van der Waals surface area contributed by atoms with E-state index in [4.69, 9.17) is 0 Å². The summed E-state index contributed by atoms with van der Waals surface area (Å²) in [6, 6.07) is 21.0. The first kappa shape index (κ1) is 12.5. The molecular weight excluding hydrogens is 246 g/mol. The van der Waals surface area contributed by atoms with E-state index in [0.717, 1.165) is 5.69 Å². The number of hydrogen-bond donors (Lipinski definition) is 1. The van der Waals surface area contributed by atoms with E-state index in [-0.39, 0.29) is 6.04 Å². The van der Waals surface area contributed by atoms with Crippen LogP contribution in [0, 0.1) is 0 Å². The molecule has 0 unspecified atom stereocenters. The van der Waals surface area contributed by atoms with Crippen LogP contribution in [0.4, 0.5) is 5.69 Å². The summed E-state index contributed by atoms with van der Waals surface area (Å²) >= 11 is 0. The number of rotatable bonds is 4. The molecule has 0 aliphatic rings. The lowest BCUT2D eigenvalue weighted by Crippen LogP contribution is -2.12. The molecule has 0 bridgehead atoms. The third-order valence-corrected chi connectivity index (χ3v) is 3.39. The summed E-state index contributed by atoms with van der Waals surface area (Å²) in [6.45, 7) is 0. The van der Waals surface area contributed by atoms with Gasteiger partial charge in [0, 0.05) is 13.2 Å². The van der Waals surface area contributed by atoms with Crippen molar-refractivity contribution in [3.63, 3.8) is 0 Å². The molecule has 3 rings (SSSR count). The van der Waals surface area contributed by atoms with Gasteiger partial charge in [0.15, 0.2) is 0 Å². The maximum Gasteiger partial charge on any atom is 0.102 e. The first-order valence-electron chi connectivity index (χ1n) is 6.70. The van der Waals surface area contributed by atoms with Crippen LogP contribution in [-0.4, -0.2) is 16.8 Å². The van der Waals surface area contributed by atoms with Gasteiger partial charge in [-0.05, 0) is 11.1 Å². The molecule has 0 saturated heterocycles. The minimum Gasteiger partial charge on any atom is -0.386 e. The number of benzene rings is 2. The maximum atomic E-state index is 4.49. The Hall–Kier alpha value is -2.55. The summed E-state index contributed by atoms with van der Waals surface area (Å²) in [5.74, 6) is 0. The van der Waals surface area contributed by atoms with Crippen molar-refractivity contribution in [1.82, 2.24) is 9.78 Å². The van der Waals surface area contributed by atoms with E-state index < -0.39 is 0 Å². The molecule has 0 aliphatic carbocycles. The Balaban J connectivity index is 2.09. The van der Waals surface area contributed by atoms with E-state index in [1.807, 2.05) is 36.3 Å². The zero-order valence-corrected chi connectivity index (χ0v) is 11.4. The molecule has 0 amide bonds. The van der Waals surface area contributed by atoms with E-state index >= 15 is 0 Å². The largest absolute Gasteiger partial charge is 0.386 e. The molecule has 20 heavy (non-hydrogen) atoms. The zero-order chi connectivity index (χ0) is 13.8. The van der Waals surface area contributed by atoms with Crippen molar-refractivity contribution >= 4 is 5.69 Å². The molecule has 0 atom stereocenters. The summed E-state index contributed by atoms with van der Waals surface area (Å²) < 4.78 is 2.00. The Morgan fingerprint density at radius 1 is 0.900 bits per heavy atom. The average Bonchev–Trinajstić information content (AvgIpc) is 2.98. The Morgan fingerprint density at radius 3 is 1.90 bits per heavy atom. The molecule has 3 aromatic rings. The van der Waals surface area contributed by atoms with Gasteiger partial charge in [0.1, 0.15) is 6.04 Å². The molecule has 0 spiro atoms. The first-order valence-corrected chi connectivity index (χ1v) is 6.70. The number of nitrogens with zero attached hydrogens (tertiary/aromatic N) is 2. The lowest BCUT2D eigenvalue weighted by molar-refractivity contribution is 0.596. The average molecular weight is 263 g/mol. The van der Waals surface area contributed by atoms with Crippen LogP contribution in [-0.2, 0) is 0 Å². The second-order valence-corrected chi connectivity index (χ2v) is 4.68. The van der Waals surface area contributed by atoms with Gasteiger partial charge >= 0.3 is 0 Å². The second-order valence-electron chi connectivity index (χ2n) is 4.68. The molecule has 3 heteroatoms. The summed E-state index contributed by atoms with van der Waals surface area (Å²) in [4.78, 5) is 0. The van der Waals surface area contributed by atoms with Crippen molar-refractivity contribution in [2.75, 3.05) is 12.4 Å². The maximum absolute atomic E-state index is 4.49. The summed E-state index contributed by atoms with van der Waals surface area (Å²) in [6.07, 6.45) is 3.88. The zero-order valence-electron chi connectivity index (χ0n) is 11.4. The van der Waals surface area contributed by atoms with E-state index in [9.17, 15) is 0 Å². The van der Waals surface area contributed by atoms with Crippen LogP contribution in [0.2, 0.25) is 0 Å². The lowest BCUT2D eigenvalue weighted by Gasteiger charge is -2.18. The molecule has 1 heterocycles. The van der Waals surface area contributed by atoms with Crippen LogP contribution < -0.4 is 5.32 Å².